The topological polar surface area (TPSA) is 108 Å². The molecule has 1 aliphatic heterocycles. The van der Waals surface area contributed by atoms with E-state index in [0.717, 1.165) is 24.5 Å². The Hall–Kier alpha value is -3.62. The van der Waals surface area contributed by atoms with Gasteiger partial charge < -0.3 is 20.4 Å². The Balaban J connectivity index is 1.76. The Morgan fingerprint density at radius 2 is 1.83 bits per heavy atom. The fourth-order valence-electron chi connectivity index (χ4n) is 3.43. The summed E-state index contributed by atoms with van der Waals surface area (Å²) in [5, 5.41) is 17.2. The Bertz CT molecular complexity index is 954. The predicted octanol–water partition coefficient (Wildman–Crippen LogP) is 2.30. The van der Waals surface area contributed by atoms with Gasteiger partial charge in [0.15, 0.2) is 0 Å². The summed E-state index contributed by atoms with van der Waals surface area (Å²) in [5.74, 6) is -0.125. The molecule has 3 rings (SSSR count). The number of anilines is 3. The van der Waals surface area contributed by atoms with Gasteiger partial charge in [0.1, 0.15) is 5.69 Å². The Labute approximate surface area is 174 Å². The molecule has 1 fully saturated rings. The molecule has 0 atom stereocenters. The SMILES string of the molecule is CNC(=O)Cc1ccc(Nc2cccc(N3CCN(C(C)=O)CC3)c2)c([N+](=O)[O-])c1. The number of nitro benzene ring substituents is 1. The largest absolute Gasteiger partial charge is 0.368 e. The monoisotopic (exact) mass is 411 g/mol. The fraction of sp³-hybridized carbons (Fsp3) is 0.333. The van der Waals surface area contributed by atoms with Crippen LogP contribution in [-0.2, 0) is 16.0 Å². The normalized spacial score (nSPS) is 13.7. The van der Waals surface area contributed by atoms with Crippen molar-refractivity contribution < 1.29 is 14.5 Å². The van der Waals surface area contributed by atoms with E-state index in [9.17, 15) is 19.7 Å². The van der Waals surface area contributed by atoms with Gasteiger partial charge in [-0.2, -0.15) is 0 Å². The quantitative estimate of drug-likeness (QED) is 0.558. The molecule has 0 bridgehead atoms. The smallest absolute Gasteiger partial charge is 0.292 e. The van der Waals surface area contributed by atoms with Crippen molar-refractivity contribution in [3.05, 3.63) is 58.1 Å². The van der Waals surface area contributed by atoms with Crippen LogP contribution in [0, 0.1) is 10.1 Å². The molecule has 2 N–H and O–H groups in total. The van der Waals surface area contributed by atoms with Crippen molar-refractivity contribution in [1.29, 1.82) is 0 Å². The van der Waals surface area contributed by atoms with Gasteiger partial charge in [0.25, 0.3) is 5.69 Å². The first-order valence-corrected chi connectivity index (χ1v) is 9.73. The minimum atomic E-state index is -0.458. The number of nitrogens with zero attached hydrogens (tertiary/aromatic N) is 3. The maximum absolute atomic E-state index is 11.6. The third-order valence-electron chi connectivity index (χ3n) is 5.12. The first kappa shape index (κ1) is 21.1. The van der Waals surface area contributed by atoms with E-state index in [-0.39, 0.29) is 23.9 Å². The molecule has 158 valence electrons. The zero-order chi connectivity index (χ0) is 21.7. The average molecular weight is 411 g/mol. The number of hydrogen-bond donors (Lipinski definition) is 2. The summed E-state index contributed by atoms with van der Waals surface area (Å²) >= 11 is 0. The van der Waals surface area contributed by atoms with Crippen LogP contribution in [0.4, 0.5) is 22.7 Å². The number of rotatable bonds is 6. The minimum Gasteiger partial charge on any atom is -0.368 e. The van der Waals surface area contributed by atoms with Crippen LogP contribution < -0.4 is 15.5 Å². The molecular weight excluding hydrogens is 386 g/mol. The first-order chi connectivity index (χ1) is 14.4. The summed E-state index contributed by atoms with van der Waals surface area (Å²) in [6, 6.07) is 12.4. The van der Waals surface area contributed by atoms with Crippen molar-refractivity contribution in [2.75, 3.05) is 43.4 Å². The standard InChI is InChI=1S/C21H25N5O4/c1-15(27)24-8-10-25(11-9-24)18-5-3-4-17(14-18)23-19-7-6-16(13-21(28)22-2)12-20(19)26(29)30/h3-7,12,14,23H,8-11,13H2,1-2H3,(H,22,28). The van der Waals surface area contributed by atoms with E-state index in [1.54, 1.807) is 19.1 Å². The van der Waals surface area contributed by atoms with E-state index < -0.39 is 4.92 Å². The molecule has 9 nitrogen and oxygen atoms in total. The van der Waals surface area contributed by atoms with Gasteiger partial charge >= 0.3 is 0 Å². The van der Waals surface area contributed by atoms with Gasteiger partial charge in [-0.25, -0.2) is 0 Å². The van der Waals surface area contributed by atoms with Crippen molar-refractivity contribution in [3.63, 3.8) is 0 Å². The number of nitro groups is 1. The highest BCUT2D eigenvalue weighted by atomic mass is 16.6. The van der Waals surface area contributed by atoms with Crippen LogP contribution in [0.15, 0.2) is 42.5 Å². The Morgan fingerprint density at radius 1 is 1.10 bits per heavy atom. The molecule has 0 unspecified atom stereocenters. The fourth-order valence-corrected chi connectivity index (χ4v) is 3.43. The number of nitrogens with one attached hydrogen (secondary N) is 2. The Kier molecular flexibility index (Phi) is 6.51. The van der Waals surface area contributed by atoms with E-state index >= 15 is 0 Å². The molecule has 1 saturated heterocycles. The second-order valence-electron chi connectivity index (χ2n) is 7.13. The van der Waals surface area contributed by atoms with Gasteiger partial charge in [0.2, 0.25) is 11.8 Å². The second-order valence-corrected chi connectivity index (χ2v) is 7.13. The van der Waals surface area contributed by atoms with Crippen molar-refractivity contribution in [1.82, 2.24) is 10.2 Å². The van der Waals surface area contributed by atoms with Crippen LogP contribution in [0.25, 0.3) is 0 Å². The lowest BCUT2D eigenvalue weighted by molar-refractivity contribution is -0.384. The molecule has 2 amide bonds. The summed E-state index contributed by atoms with van der Waals surface area (Å²) in [5.41, 5.74) is 2.56. The number of carbonyl (C=O) groups excluding carboxylic acids is 2. The third kappa shape index (κ3) is 5.05. The minimum absolute atomic E-state index is 0.0808. The number of hydrogen-bond acceptors (Lipinski definition) is 6. The molecule has 1 heterocycles. The number of benzene rings is 2. The van der Waals surface area contributed by atoms with Crippen LogP contribution in [0.5, 0.6) is 0 Å². The van der Waals surface area contributed by atoms with Crippen LogP contribution in [-0.4, -0.2) is 54.9 Å². The molecule has 0 aromatic heterocycles. The zero-order valence-corrected chi connectivity index (χ0v) is 17.1. The molecule has 30 heavy (non-hydrogen) atoms. The summed E-state index contributed by atoms with van der Waals surface area (Å²) in [6.45, 7) is 4.39. The van der Waals surface area contributed by atoms with Crippen LogP contribution in [0.3, 0.4) is 0 Å². The number of carbonyl (C=O) groups is 2. The van der Waals surface area contributed by atoms with Crippen LogP contribution in [0.1, 0.15) is 12.5 Å². The highest BCUT2D eigenvalue weighted by molar-refractivity contribution is 5.79. The van der Waals surface area contributed by atoms with E-state index in [4.69, 9.17) is 0 Å². The van der Waals surface area contributed by atoms with E-state index in [2.05, 4.69) is 15.5 Å². The number of likely N-dealkylation sites (N-methyl/N-ethyl adjacent to an activating group) is 1. The van der Waals surface area contributed by atoms with Crippen LogP contribution >= 0.6 is 0 Å². The number of piperazine rings is 1. The van der Waals surface area contributed by atoms with E-state index in [1.807, 2.05) is 29.2 Å². The molecule has 0 spiro atoms. The van der Waals surface area contributed by atoms with Gasteiger partial charge in [-0.15, -0.1) is 0 Å². The van der Waals surface area contributed by atoms with E-state index in [0.29, 0.717) is 24.3 Å². The van der Waals surface area contributed by atoms with Crippen molar-refractivity contribution >= 4 is 34.6 Å². The van der Waals surface area contributed by atoms with Crippen molar-refractivity contribution in [2.45, 2.75) is 13.3 Å². The van der Waals surface area contributed by atoms with Gasteiger partial charge in [0, 0.05) is 57.6 Å². The van der Waals surface area contributed by atoms with Crippen molar-refractivity contribution in [3.8, 4) is 0 Å². The molecular formula is C21H25N5O4. The lowest BCUT2D eigenvalue weighted by Gasteiger charge is -2.35. The van der Waals surface area contributed by atoms with Gasteiger partial charge in [-0.05, 0) is 29.8 Å². The lowest BCUT2D eigenvalue weighted by Crippen LogP contribution is -2.48. The van der Waals surface area contributed by atoms with Gasteiger partial charge in [-0.3, -0.25) is 19.7 Å². The summed E-state index contributed by atoms with van der Waals surface area (Å²) in [7, 11) is 1.53. The molecule has 0 aliphatic carbocycles. The summed E-state index contributed by atoms with van der Waals surface area (Å²) < 4.78 is 0. The highest BCUT2D eigenvalue weighted by Crippen LogP contribution is 2.30. The molecule has 9 heteroatoms. The predicted molar refractivity (Wildman–Crippen MR) is 115 cm³/mol. The molecule has 1 aliphatic rings. The maximum atomic E-state index is 11.6. The van der Waals surface area contributed by atoms with E-state index in [1.165, 1.54) is 13.1 Å². The van der Waals surface area contributed by atoms with Crippen molar-refractivity contribution in [2.24, 2.45) is 0 Å². The Morgan fingerprint density at radius 3 is 2.47 bits per heavy atom. The second kappa shape index (κ2) is 9.25. The van der Waals surface area contributed by atoms with Crippen LogP contribution in [0.2, 0.25) is 0 Å². The van der Waals surface area contributed by atoms with Gasteiger partial charge in [0.05, 0.1) is 11.3 Å². The average Bonchev–Trinajstić information content (AvgIpc) is 2.74. The van der Waals surface area contributed by atoms with Gasteiger partial charge in [-0.1, -0.05) is 12.1 Å². The summed E-state index contributed by atoms with van der Waals surface area (Å²) in [4.78, 5) is 38.2. The first-order valence-electron chi connectivity index (χ1n) is 9.73. The molecule has 0 saturated carbocycles. The molecule has 2 aromatic carbocycles. The molecule has 2 aromatic rings. The lowest BCUT2D eigenvalue weighted by atomic mass is 10.1. The number of amides is 2. The maximum Gasteiger partial charge on any atom is 0.292 e. The zero-order valence-electron chi connectivity index (χ0n) is 17.1. The summed E-state index contributed by atoms with van der Waals surface area (Å²) in [6.07, 6.45) is 0.0827. The third-order valence-corrected chi connectivity index (χ3v) is 5.12. The highest BCUT2D eigenvalue weighted by Gasteiger charge is 2.20. The molecule has 0 radical (unpaired) electrons.